The standard InChI is InChI=1S/C16H19F3N2O2/c1-9(21-8-15(23)3-2-4-15)10-5-11-12(7-20-14(11)22)13(6-10)16(17,18)19/h5-6,9,21,23H,2-4,7-8H2,1H3,(H,20,22)/t9-/m1/s1. The highest BCUT2D eigenvalue weighted by molar-refractivity contribution is 5.99. The molecule has 1 amide bonds. The number of fused-ring (bicyclic) bond motifs is 1. The molecule has 1 heterocycles. The lowest BCUT2D eigenvalue weighted by Crippen LogP contribution is -2.46. The zero-order valence-electron chi connectivity index (χ0n) is 12.8. The van der Waals surface area contributed by atoms with Crippen molar-refractivity contribution in [2.24, 2.45) is 0 Å². The summed E-state index contributed by atoms with van der Waals surface area (Å²) in [6.45, 7) is 1.97. The predicted molar refractivity (Wildman–Crippen MR) is 77.8 cm³/mol. The molecule has 0 unspecified atom stereocenters. The van der Waals surface area contributed by atoms with Gasteiger partial charge in [-0.25, -0.2) is 0 Å². The maximum atomic E-state index is 13.3. The van der Waals surface area contributed by atoms with E-state index in [-0.39, 0.29) is 23.7 Å². The summed E-state index contributed by atoms with van der Waals surface area (Å²) >= 11 is 0. The van der Waals surface area contributed by atoms with E-state index in [0.717, 1.165) is 12.5 Å². The van der Waals surface area contributed by atoms with Crippen LogP contribution in [0, 0.1) is 0 Å². The molecule has 7 heteroatoms. The third-order valence-electron chi connectivity index (χ3n) is 4.77. The summed E-state index contributed by atoms with van der Waals surface area (Å²) in [5.41, 5.74) is -1.02. The minimum Gasteiger partial charge on any atom is -0.389 e. The van der Waals surface area contributed by atoms with Gasteiger partial charge in [0, 0.05) is 24.7 Å². The number of amides is 1. The zero-order valence-corrected chi connectivity index (χ0v) is 12.8. The molecule has 1 aliphatic heterocycles. The summed E-state index contributed by atoms with van der Waals surface area (Å²) in [5.74, 6) is -0.475. The fourth-order valence-corrected chi connectivity index (χ4v) is 3.08. The first kappa shape index (κ1) is 16.3. The summed E-state index contributed by atoms with van der Waals surface area (Å²) in [6, 6.07) is 2.22. The lowest BCUT2D eigenvalue weighted by molar-refractivity contribution is -0.138. The van der Waals surface area contributed by atoms with E-state index in [9.17, 15) is 23.1 Å². The number of carbonyl (C=O) groups is 1. The Kier molecular flexibility index (Phi) is 3.88. The lowest BCUT2D eigenvalue weighted by atomic mass is 9.80. The van der Waals surface area contributed by atoms with Crippen molar-refractivity contribution in [3.8, 4) is 0 Å². The van der Waals surface area contributed by atoms with E-state index < -0.39 is 23.2 Å². The first-order valence-electron chi connectivity index (χ1n) is 7.68. The quantitative estimate of drug-likeness (QED) is 0.796. The Morgan fingerprint density at radius 1 is 1.39 bits per heavy atom. The van der Waals surface area contributed by atoms with Gasteiger partial charge in [0.25, 0.3) is 5.91 Å². The highest BCUT2D eigenvalue weighted by Crippen LogP contribution is 2.37. The van der Waals surface area contributed by atoms with Gasteiger partial charge in [0.05, 0.1) is 11.2 Å². The van der Waals surface area contributed by atoms with E-state index in [1.807, 2.05) is 0 Å². The second-order valence-electron chi connectivity index (χ2n) is 6.46. The Bertz CT molecular complexity index is 639. The van der Waals surface area contributed by atoms with Gasteiger partial charge in [0.15, 0.2) is 0 Å². The van der Waals surface area contributed by atoms with Crippen molar-refractivity contribution >= 4 is 5.91 Å². The van der Waals surface area contributed by atoms with Crippen molar-refractivity contribution in [3.63, 3.8) is 0 Å². The number of rotatable bonds is 4. The number of hydrogen-bond donors (Lipinski definition) is 3. The predicted octanol–water partition coefficient (Wildman–Crippen LogP) is 2.51. The van der Waals surface area contributed by atoms with Gasteiger partial charge in [0.1, 0.15) is 0 Å². The molecular weight excluding hydrogens is 309 g/mol. The van der Waals surface area contributed by atoms with Crippen LogP contribution in [-0.4, -0.2) is 23.2 Å². The molecule has 1 saturated carbocycles. The Labute approximate surface area is 132 Å². The fourth-order valence-electron chi connectivity index (χ4n) is 3.08. The van der Waals surface area contributed by atoms with Gasteiger partial charge in [-0.05, 0) is 49.4 Å². The number of hydrogen-bond acceptors (Lipinski definition) is 3. The molecule has 23 heavy (non-hydrogen) atoms. The van der Waals surface area contributed by atoms with E-state index in [1.165, 1.54) is 6.07 Å². The molecule has 0 radical (unpaired) electrons. The minimum atomic E-state index is -4.50. The van der Waals surface area contributed by atoms with Crippen LogP contribution in [-0.2, 0) is 12.7 Å². The Hall–Kier alpha value is -1.60. The van der Waals surface area contributed by atoms with Crippen LogP contribution in [0.4, 0.5) is 13.2 Å². The Morgan fingerprint density at radius 3 is 2.65 bits per heavy atom. The number of alkyl halides is 3. The van der Waals surface area contributed by atoms with Crippen LogP contribution < -0.4 is 10.6 Å². The number of aliphatic hydroxyl groups is 1. The summed E-state index contributed by atoms with van der Waals surface area (Å²) < 4.78 is 39.8. The number of nitrogens with one attached hydrogen (secondary N) is 2. The molecular formula is C16H19F3N2O2. The number of halogens is 3. The average molecular weight is 328 g/mol. The molecule has 2 aliphatic rings. The summed E-state index contributed by atoms with van der Waals surface area (Å²) in [6.07, 6.45) is -2.14. The third kappa shape index (κ3) is 3.07. The molecule has 0 bridgehead atoms. The highest BCUT2D eigenvalue weighted by Gasteiger charge is 2.38. The molecule has 0 saturated heterocycles. The van der Waals surface area contributed by atoms with Crippen molar-refractivity contribution in [2.45, 2.75) is 50.6 Å². The van der Waals surface area contributed by atoms with Crippen molar-refractivity contribution in [1.29, 1.82) is 0 Å². The van der Waals surface area contributed by atoms with Crippen molar-refractivity contribution < 1.29 is 23.1 Å². The summed E-state index contributed by atoms with van der Waals surface area (Å²) in [4.78, 5) is 11.8. The van der Waals surface area contributed by atoms with Crippen LogP contribution >= 0.6 is 0 Å². The third-order valence-corrected chi connectivity index (χ3v) is 4.77. The second kappa shape index (κ2) is 5.49. The summed E-state index contributed by atoms with van der Waals surface area (Å²) in [7, 11) is 0. The van der Waals surface area contributed by atoms with Gasteiger partial charge in [0.2, 0.25) is 0 Å². The largest absolute Gasteiger partial charge is 0.416 e. The van der Waals surface area contributed by atoms with Crippen LogP contribution in [0.15, 0.2) is 12.1 Å². The molecule has 1 fully saturated rings. The highest BCUT2D eigenvalue weighted by atomic mass is 19.4. The molecule has 4 nitrogen and oxygen atoms in total. The molecule has 3 rings (SSSR count). The fraction of sp³-hybridized carbons (Fsp3) is 0.562. The van der Waals surface area contributed by atoms with Crippen LogP contribution in [0.2, 0.25) is 0 Å². The van der Waals surface area contributed by atoms with Gasteiger partial charge in [-0.15, -0.1) is 0 Å². The van der Waals surface area contributed by atoms with Crippen molar-refractivity contribution in [3.05, 3.63) is 34.4 Å². The van der Waals surface area contributed by atoms with Gasteiger partial charge < -0.3 is 15.7 Å². The zero-order chi connectivity index (χ0) is 16.8. The molecule has 1 aromatic rings. The Balaban J connectivity index is 1.87. The monoisotopic (exact) mass is 328 g/mol. The minimum absolute atomic E-state index is 0.0103. The SMILES string of the molecule is C[C@@H](NCC1(O)CCC1)c1cc2c(c(C(F)(F)F)c1)CNC2=O. The van der Waals surface area contributed by atoms with Gasteiger partial charge in [-0.1, -0.05) is 0 Å². The number of benzene rings is 1. The first-order chi connectivity index (χ1) is 10.7. The lowest BCUT2D eigenvalue weighted by Gasteiger charge is -2.37. The molecule has 3 N–H and O–H groups in total. The molecule has 0 aromatic heterocycles. The Morgan fingerprint density at radius 2 is 2.09 bits per heavy atom. The van der Waals surface area contributed by atoms with Gasteiger partial charge >= 0.3 is 6.18 Å². The smallest absolute Gasteiger partial charge is 0.389 e. The van der Waals surface area contributed by atoms with Crippen LogP contribution in [0.1, 0.15) is 59.3 Å². The van der Waals surface area contributed by atoms with E-state index >= 15 is 0 Å². The van der Waals surface area contributed by atoms with E-state index in [1.54, 1.807) is 6.92 Å². The normalized spacial score (nSPS) is 20.7. The van der Waals surface area contributed by atoms with Crippen molar-refractivity contribution in [1.82, 2.24) is 10.6 Å². The van der Waals surface area contributed by atoms with Crippen LogP contribution in [0.3, 0.4) is 0 Å². The molecule has 1 aromatic carbocycles. The van der Waals surface area contributed by atoms with Crippen LogP contribution in [0.25, 0.3) is 0 Å². The molecule has 1 atom stereocenters. The van der Waals surface area contributed by atoms with Gasteiger partial charge in [-0.2, -0.15) is 13.2 Å². The molecule has 1 aliphatic carbocycles. The van der Waals surface area contributed by atoms with E-state index in [2.05, 4.69) is 10.6 Å². The maximum absolute atomic E-state index is 13.3. The number of carbonyl (C=O) groups excluding carboxylic acids is 1. The van der Waals surface area contributed by atoms with E-state index in [4.69, 9.17) is 0 Å². The average Bonchev–Trinajstić information content (AvgIpc) is 2.82. The topological polar surface area (TPSA) is 61.4 Å². The summed E-state index contributed by atoms with van der Waals surface area (Å²) in [5, 5.41) is 15.6. The first-order valence-corrected chi connectivity index (χ1v) is 7.68. The van der Waals surface area contributed by atoms with Gasteiger partial charge in [-0.3, -0.25) is 4.79 Å². The molecule has 126 valence electrons. The second-order valence-corrected chi connectivity index (χ2v) is 6.46. The van der Waals surface area contributed by atoms with Crippen LogP contribution in [0.5, 0.6) is 0 Å². The maximum Gasteiger partial charge on any atom is 0.416 e. The molecule has 0 spiro atoms. The van der Waals surface area contributed by atoms with Crippen molar-refractivity contribution in [2.75, 3.05) is 6.54 Å². The van der Waals surface area contributed by atoms with E-state index in [0.29, 0.717) is 24.9 Å².